The van der Waals surface area contributed by atoms with Crippen LogP contribution in [0, 0.1) is 0 Å². The molecule has 1 unspecified atom stereocenters. The molecule has 3 N–H and O–H groups in total. The van der Waals surface area contributed by atoms with E-state index in [0.717, 1.165) is 0 Å². The van der Waals surface area contributed by atoms with Crippen LogP contribution in [0.1, 0.15) is 26.2 Å². The number of hydrogen-bond acceptors (Lipinski definition) is 3. The number of alkyl halides is 3. The van der Waals surface area contributed by atoms with Crippen LogP contribution in [0.2, 0.25) is 0 Å². The molecule has 0 saturated carbocycles. The van der Waals surface area contributed by atoms with E-state index in [4.69, 9.17) is 10.2 Å². The Morgan fingerprint density at radius 3 is 2.19 bits per heavy atom. The topological polar surface area (TPSA) is 52.5 Å². The van der Waals surface area contributed by atoms with Crippen molar-refractivity contribution in [3.63, 3.8) is 0 Å². The Morgan fingerprint density at radius 1 is 1.31 bits per heavy atom. The van der Waals surface area contributed by atoms with Gasteiger partial charge in [-0.3, -0.25) is 5.32 Å². The van der Waals surface area contributed by atoms with Crippen LogP contribution in [-0.4, -0.2) is 40.9 Å². The maximum absolute atomic E-state index is 12.9. The van der Waals surface area contributed by atoms with Crippen molar-refractivity contribution >= 4 is 9.24 Å². The number of aliphatic hydroxyl groups is 2. The van der Waals surface area contributed by atoms with Gasteiger partial charge in [-0.25, -0.2) is 0 Å². The minimum absolute atomic E-state index is 0.200. The van der Waals surface area contributed by atoms with E-state index in [2.05, 4.69) is 14.6 Å². The fourth-order valence-electron chi connectivity index (χ4n) is 1.39. The Hall–Kier alpha value is 0.100. The molecule has 0 spiro atoms. The number of nitrogens with one attached hydrogen (secondary N) is 1. The van der Waals surface area contributed by atoms with Gasteiger partial charge in [0.1, 0.15) is 5.54 Å². The smallest absolute Gasteiger partial charge is 0.394 e. The third-order valence-corrected chi connectivity index (χ3v) is 2.81. The molecule has 0 aliphatic heterocycles. The summed E-state index contributed by atoms with van der Waals surface area (Å²) in [6.45, 7) is 0.318. The summed E-state index contributed by atoms with van der Waals surface area (Å²) in [5.74, 6) is -0.786. The molecule has 3 nitrogen and oxygen atoms in total. The average Bonchev–Trinajstić information content (AvgIpc) is 2.22. The lowest BCUT2D eigenvalue weighted by Gasteiger charge is -2.37. The van der Waals surface area contributed by atoms with Gasteiger partial charge in [-0.15, -0.1) is 9.24 Å². The molecule has 0 bridgehead atoms. The highest BCUT2D eigenvalue weighted by Crippen LogP contribution is 2.35. The molecule has 3 atom stereocenters. The second kappa shape index (κ2) is 6.74. The zero-order valence-electron chi connectivity index (χ0n) is 9.22. The lowest BCUT2D eigenvalue weighted by atomic mass is 9.92. The maximum atomic E-state index is 12.9. The van der Waals surface area contributed by atoms with E-state index in [1.807, 2.05) is 0 Å². The Labute approximate surface area is 95.6 Å². The first-order valence-electron chi connectivity index (χ1n) is 5.14. The minimum Gasteiger partial charge on any atom is -0.394 e. The van der Waals surface area contributed by atoms with Crippen LogP contribution >= 0.6 is 9.24 Å². The van der Waals surface area contributed by atoms with Crippen LogP contribution in [0.25, 0.3) is 0 Å². The van der Waals surface area contributed by atoms with Crippen LogP contribution in [-0.2, 0) is 0 Å². The summed E-state index contributed by atoms with van der Waals surface area (Å²) in [6.07, 6.45) is -3.77. The molecular formula is C9H19F3NO2P. The molecule has 0 aliphatic rings. The van der Waals surface area contributed by atoms with Gasteiger partial charge in [0, 0.05) is 5.78 Å². The predicted octanol–water partition coefficient (Wildman–Crippen LogP) is 1.25. The Bertz CT molecular complexity index is 204. The standard InChI is InChI=1S/C9H19F3NO2P/c1-2-3-4-8(6-15,9(10,11)12)13-7(16)5-14/h7,13-15H,2-6,16H2,1H3/t7-,8-/m1/s1. The van der Waals surface area contributed by atoms with Gasteiger partial charge in [0.05, 0.1) is 13.2 Å². The van der Waals surface area contributed by atoms with Gasteiger partial charge in [-0.1, -0.05) is 19.8 Å². The van der Waals surface area contributed by atoms with Crippen molar-refractivity contribution in [3.05, 3.63) is 0 Å². The lowest BCUT2D eigenvalue weighted by molar-refractivity contribution is -0.210. The van der Waals surface area contributed by atoms with Crippen molar-refractivity contribution < 1.29 is 23.4 Å². The van der Waals surface area contributed by atoms with Gasteiger partial charge >= 0.3 is 6.18 Å². The Morgan fingerprint density at radius 2 is 1.88 bits per heavy atom. The van der Waals surface area contributed by atoms with Crippen molar-refractivity contribution in [3.8, 4) is 0 Å². The van der Waals surface area contributed by atoms with Crippen LogP contribution in [0.3, 0.4) is 0 Å². The number of halogens is 3. The quantitative estimate of drug-likeness (QED) is 0.605. The molecule has 0 amide bonds. The summed E-state index contributed by atoms with van der Waals surface area (Å²) in [6, 6.07) is 0. The largest absolute Gasteiger partial charge is 0.408 e. The molecule has 0 aromatic heterocycles. The Kier molecular flexibility index (Phi) is 6.79. The minimum atomic E-state index is -4.54. The summed E-state index contributed by atoms with van der Waals surface area (Å²) in [5, 5.41) is 20.0. The third kappa shape index (κ3) is 4.17. The predicted molar refractivity (Wildman–Crippen MR) is 59.1 cm³/mol. The van der Waals surface area contributed by atoms with E-state index in [9.17, 15) is 13.2 Å². The van der Waals surface area contributed by atoms with E-state index in [1.165, 1.54) is 0 Å². The number of rotatable bonds is 7. The first-order chi connectivity index (χ1) is 7.33. The van der Waals surface area contributed by atoms with Gasteiger partial charge in [-0.05, 0) is 6.42 Å². The third-order valence-electron chi connectivity index (χ3n) is 2.43. The highest BCUT2D eigenvalue weighted by Gasteiger charge is 2.54. The van der Waals surface area contributed by atoms with Crippen molar-refractivity contribution in [1.82, 2.24) is 5.32 Å². The van der Waals surface area contributed by atoms with Crippen molar-refractivity contribution in [1.29, 1.82) is 0 Å². The maximum Gasteiger partial charge on any atom is 0.408 e. The molecule has 0 rings (SSSR count). The highest BCUT2D eigenvalue weighted by atomic mass is 31.0. The lowest BCUT2D eigenvalue weighted by Crippen LogP contribution is -2.61. The molecule has 0 saturated heterocycles. The second-order valence-electron chi connectivity index (χ2n) is 3.77. The summed E-state index contributed by atoms with van der Waals surface area (Å²) in [5.41, 5.74) is -2.32. The van der Waals surface area contributed by atoms with Crippen molar-refractivity contribution in [2.45, 2.75) is 43.7 Å². The Balaban J connectivity index is 4.81. The first kappa shape index (κ1) is 16.1. The zero-order valence-corrected chi connectivity index (χ0v) is 10.4. The number of unbranched alkanes of at least 4 members (excludes halogenated alkanes) is 1. The molecule has 0 aromatic carbocycles. The molecule has 0 heterocycles. The molecule has 0 radical (unpaired) electrons. The van der Waals surface area contributed by atoms with E-state index in [1.54, 1.807) is 6.92 Å². The van der Waals surface area contributed by atoms with Crippen LogP contribution in [0.5, 0.6) is 0 Å². The van der Waals surface area contributed by atoms with Crippen molar-refractivity contribution in [2.24, 2.45) is 0 Å². The zero-order chi connectivity index (χ0) is 12.8. The molecular weight excluding hydrogens is 242 g/mol. The average molecular weight is 261 g/mol. The van der Waals surface area contributed by atoms with Gasteiger partial charge in [0.15, 0.2) is 0 Å². The molecule has 0 aromatic rings. The normalized spacial score (nSPS) is 18.2. The van der Waals surface area contributed by atoms with E-state index < -0.39 is 30.7 Å². The highest BCUT2D eigenvalue weighted by molar-refractivity contribution is 7.17. The molecule has 16 heavy (non-hydrogen) atoms. The monoisotopic (exact) mass is 261 g/mol. The van der Waals surface area contributed by atoms with Gasteiger partial charge in [0.25, 0.3) is 0 Å². The van der Waals surface area contributed by atoms with E-state index >= 15 is 0 Å². The SMILES string of the molecule is CCCC[C@](CO)(N[C@H](P)CO)C(F)(F)F. The number of aliphatic hydroxyl groups excluding tert-OH is 2. The van der Waals surface area contributed by atoms with E-state index in [-0.39, 0.29) is 6.42 Å². The summed E-state index contributed by atoms with van der Waals surface area (Å²) in [7, 11) is 2.08. The fraction of sp³-hybridized carbons (Fsp3) is 1.00. The number of hydrogen-bond donors (Lipinski definition) is 3. The fourth-order valence-corrected chi connectivity index (χ4v) is 1.71. The molecule has 7 heteroatoms. The molecule has 0 fully saturated rings. The van der Waals surface area contributed by atoms with Crippen LogP contribution in [0.15, 0.2) is 0 Å². The van der Waals surface area contributed by atoms with Gasteiger partial charge in [0.2, 0.25) is 0 Å². The molecule has 0 aliphatic carbocycles. The van der Waals surface area contributed by atoms with Crippen LogP contribution in [0.4, 0.5) is 13.2 Å². The molecule has 98 valence electrons. The van der Waals surface area contributed by atoms with Crippen LogP contribution < -0.4 is 5.32 Å². The second-order valence-corrected chi connectivity index (χ2v) is 4.58. The van der Waals surface area contributed by atoms with Crippen molar-refractivity contribution in [2.75, 3.05) is 13.2 Å². The van der Waals surface area contributed by atoms with E-state index in [0.29, 0.717) is 12.8 Å². The summed E-state index contributed by atoms with van der Waals surface area (Å²) >= 11 is 0. The first-order valence-corrected chi connectivity index (χ1v) is 5.81. The summed E-state index contributed by atoms with van der Waals surface area (Å²) < 4.78 is 38.6. The van der Waals surface area contributed by atoms with Gasteiger partial charge in [-0.2, -0.15) is 13.2 Å². The van der Waals surface area contributed by atoms with Gasteiger partial charge < -0.3 is 10.2 Å². The summed E-state index contributed by atoms with van der Waals surface area (Å²) in [4.78, 5) is 0.